The first kappa shape index (κ1) is 21.2. The van der Waals surface area contributed by atoms with Crippen LogP contribution < -0.4 is 5.32 Å². The van der Waals surface area contributed by atoms with E-state index in [-0.39, 0.29) is 16.8 Å². The van der Waals surface area contributed by atoms with Crippen LogP contribution in [0.4, 0.5) is 10.5 Å². The van der Waals surface area contributed by atoms with Crippen molar-refractivity contribution in [2.75, 3.05) is 30.7 Å². The highest BCUT2D eigenvalue weighted by atomic mass is 79.9. The maximum absolute atomic E-state index is 13.2. The first-order valence-corrected chi connectivity index (χ1v) is 12.1. The molecule has 2 fully saturated rings. The first-order chi connectivity index (χ1) is 14.5. The molecular weight excluding hydrogens is 462 g/mol. The number of nitrogens with one attached hydrogen (secondary N) is 1. The summed E-state index contributed by atoms with van der Waals surface area (Å²) in [5, 5.41) is 3.03. The van der Waals surface area contributed by atoms with Crippen LogP contribution in [0.25, 0.3) is 0 Å². The van der Waals surface area contributed by atoms with Gasteiger partial charge in [-0.2, -0.15) is 0 Å². The number of hydrogen-bond donors (Lipinski definition) is 1. The maximum atomic E-state index is 13.2. The molecule has 0 saturated carbocycles. The number of benzene rings is 2. The zero-order chi connectivity index (χ0) is 21.1. The largest absolute Gasteiger partial charge is 0.324 e. The second-order valence-electron chi connectivity index (χ2n) is 7.73. The molecule has 2 heterocycles. The summed E-state index contributed by atoms with van der Waals surface area (Å²) in [5.74, 6) is 1.03. The second-order valence-corrected chi connectivity index (χ2v) is 10.1. The lowest BCUT2D eigenvalue weighted by Crippen LogP contribution is -2.54. The number of thioether (sulfide) groups is 1. The van der Waals surface area contributed by atoms with E-state index in [2.05, 4.69) is 34.2 Å². The fraction of sp³-hybridized carbons (Fsp3) is 0.391. The van der Waals surface area contributed by atoms with Crippen molar-refractivity contribution in [1.82, 2.24) is 9.80 Å². The molecule has 2 aromatic rings. The summed E-state index contributed by atoms with van der Waals surface area (Å²) >= 11 is 5.29. The molecule has 1 spiro atoms. The third-order valence-corrected chi connectivity index (χ3v) is 8.01. The van der Waals surface area contributed by atoms with E-state index in [4.69, 9.17) is 0 Å². The Morgan fingerprint density at radius 1 is 1.10 bits per heavy atom. The minimum absolute atomic E-state index is 0.0631. The fourth-order valence-corrected chi connectivity index (χ4v) is 5.91. The third-order valence-electron chi connectivity index (χ3n) is 5.93. The smallest absolute Gasteiger partial charge is 0.321 e. The molecule has 3 amide bonds. The lowest BCUT2D eigenvalue weighted by molar-refractivity contribution is 0.0585. The van der Waals surface area contributed by atoms with Crippen molar-refractivity contribution < 1.29 is 9.59 Å². The van der Waals surface area contributed by atoms with Gasteiger partial charge in [0, 0.05) is 41.1 Å². The van der Waals surface area contributed by atoms with Gasteiger partial charge in [-0.05, 0) is 61.2 Å². The van der Waals surface area contributed by atoms with Gasteiger partial charge in [0.25, 0.3) is 5.91 Å². The van der Waals surface area contributed by atoms with E-state index < -0.39 is 0 Å². The Balaban J connectivity index is 1.40. The van der Waals surface area contributed by atoms with Gasteiger partial charge in [-0.25, -0.2) is 4.79 Å². The summed E-state index contributed by atoms with van der Waals surface area (Å²) in [6.45, 7) is 4.16. The van der Waals surface area contributed by atoms with Crippen LogP contribution in [0, 0.1) is 0 Å². The number of carbonyl (C=O) groups is 2. The van der Waals surface area contributed by atoms with Crippen LogP contribution in [0.15, 0.2) is 53.0 Å². The van der Waals surface area contributed by atoms with E-state index in [1.54, 1.807) is 0 Å². The van der Waals surface area contributed by atoms with Crippen LogP contribution in [0.3, 0.4) is 0 Å². The Bertz CT molecular complexity index is 926. The van der Waals surface area contributed by atoms with Crippen LogP contribution in [-0.4, -0.2) is 52.0 Å². The molecule has 2 aromatic carbocycles. The molecule has 1 N–H and O–H groups in total. The molecular formula is C23H26BrN3O2S. The molecule has 7 heteroatoms. The van der Waals surface area contributed by atoms with Crippen molar-refractivity contribution in [2.24, 2.45) is 0 Å². The van der Waals surface area contributed by atoms with Crippen molar-refractivity contribution in [3.8, 4) is 0 Å². The molecule has 2 saturated heterocycles. The Labute approximate surface area is 190 Å². The lowest BCUT2D eigenvalue weighted by Gasteiger charge is -2.44. The van der Waals surface area contributed by atoms with Crippen LogP contribution >= 0.6 is 27.7 Å². The Hall–Kier alpha value is -1.99. The van der Waals surface area contributed by atoms with E-state index in [0.29, 0.717) is 13.1 Å². The summed E-state index contributed by atoms with van der Waals surface area (Å²) < 4.78 is 0.966. The summed E-state index contributed by atoms with van der Waals surface area (Å²) in [6.07, 6.45) is 2.53. The van der Waals surface area contributed by atoms with Crippen molar-refractivity contribution in [1.29, 1.82) is 0 Å². The molecule has 2 aliphatic rings. The summed E-state index contributed by atoms with van der Waals surface area (Å²) in [7, 11) is 0. The highest BCUT2D eigenvalue weighted by Gasteiger charge is 2.47. The summed E-state index contributed by atoms with van der Waals surface area (Å²) in [5.41, 5.74) is 2.76. The third kappa shape index (κ3) is 4.37. The molecule has 0 bridgehead atoms. The maximum Gasteiger partial charge on any atom is 0.321 e. The monoisotopic (exact) mass is 487 g/mol. The van der Waals surface area contributed by atoms with Crippen molar-refractivity contribution in [2.45, 2.75) is 31.1 Å². The number of amides is 3. The first-order valence-electron chi connectivity index (χ1n) is 10.4. The van der Waals surface area contributed by atoms with Crippen molar-refractivity contribution in [3.05, 3.63) is 64.1 Å². The molecule has 0 unspecified atom stereocenters. The van der Waals surface area contributed by atoms with Gasteiger partial charge in [-0.1, -0.05) is 35.0 Å². The minimum Gasteiger partial charge on any atom is -0.324 e. The minimum atomic E-state index is -0.205. The van der Waals surface area contributed by atoms with Crippen LogP contribution in [0.1, 0.15) is 35.7 Å². The number of hydrogen-bond acceptors (Lipinski definition) is 3. The molecule has 2 aliphatic heterocycles. The Morgan fingerprint density at radius 3 is 2.53 bits per heavy atom. The van der Waals surface area contributed by atoms with E-state index >= 15 is 0 Å². The number of urea groups is 1. The van der Waals surface area contributed by atoms with Gasteiger partial charge in [-0.3, -0.25) is 4.79 Å². The molecule has 30 heavy (non-hydrogen) atoms. The number of piperidine rings is 1. The van der Waals surface area contributed by atoms with Crippen molar-refractivity contribution >= 4 is 45.3 Å². The Kier molecular flexibility index (Phi) is 6.39. The van der Waals surface area contributed by atoms with Crippen molar-refractivity contribution in [3.63, 3.8) is 0 Å². The molecule has 0 radical (unpaired) electrons. The predicted octanol–water partition coefficient (Wildman–Crippen LogP) is 5.22. The zero-order valence-corrected chi connectivity index (χ0v) is 19.5. The molecule has 158 valence electrons. The SMILES string of the molecule is CCc1cccc(NC(=O)N2CCC3(CC2)SCCN3C(=O)c2ccc(Br)cc2)c1. The number of aryl methyl sites for hydroxylation is 1. The van der Waals surface area contributed by atoms with Gasteiger partial charge < -0.3 is 15.1 Å². The molecule has 5 nitrogen and oxygen atoms in total. The Morgan fingerprint density at radius 2 is 1.83 bits per heavy atom. The van der Waals surface area contributed by atoms with E-state index in [1.165, 1.54) is 5.56 Å². The number of halogens is 1. The number of rotatable bonds is 3. The molecule has 0 atom stereocenters. The van der Waals surface area contributed by atoms with Gasteiger partial charge in [0.1, 0.15) is 0 Å². The van der Waals surface area contributed by atoms with Crippen LogP contribution in [0.5, 0.6) is 0 Å². The average Bonchev–Trinajstić information content (AvgIpc) is 3.17. The highest BCUT2D eigenvalue weighted by Crippen LogP contribution is 2.44. The van der Waals surface area contributed by atoms with Gasteiger partial charge in [0.15, 0.2) is 0 Å². The van der Waals surface area contributed by atoms with Gasteiger partial charge in [-0.15, -0.1) is 11.8 Å². The number of likely N-dealkylation sites (tertiary alicyclic amines) is 1. The molecule has 4 rings (SSSR count). The van der Waals surface area contributed by atoms with Crippen LogP contribution in [0.2, 0.25) is 0 Å². The van der Waals surface area contributed by atoms with Gasteiger partial charge in [0.05, 0.1) is 4.87 Å². The zero-order valence-electron chi connectivity index (χ0n) is 17.1. The molecule has 0 aromatic heterocycles. The summed E-state index contributed by atoms with van der Waals surface area (Å²) in [4.78, 5) is 29.6. The normalized spacial score (nSPS) is 17.9. The lowest BCUT2D eigenvalue weighted by atomic mass is 10.0. The average molecular weight is 488 g/mol. The van der Waals surface area contributed by atoms with Gasteiger partial charge in [0.2, 0.25) is 0 Å². The second kappa shape index (κ2) is 9.02. The van der Waals surface area contributed by atoms with Gasteiger partial charge >= 0.3 is 6.03 Å². The predicted molar refractivity (Wildman–Crippen MR) is 126 cm³/mol. The summed E-state index contributed by atoms with van der Waals surface area (Å²) in [6, 6.07) is 15.5. The standard InChI is InChI=1S/C23H26BrN3O2S/c1-2-17-4-3-5-20(16-17)25-22(29)26-12-10-23(11-13-26)27(14-15-30-23)21(28)18-6-8-19(24)9-7-18/h3-9,16H,2,10-15H2,1H3,(H,25,29). The number of anilines is 1. The topological polar surface area (TPSA) is 52.7 Å². The van der Waals surface area contributed by atoms with Crippen LogP contribution in [-0.2, 0) is 6.42 Å². The number of carbonyl (C=O) groups excluding carboxylic acids is 2. The molecule has 0 aliphatic carbocycles. The number of nitrogens with zero attached hydrogens (tertiary/aromatic N) is 2. The fourth-order valence-electron chi connectivity index (χ4n) is 4.19. The van der Waals surface area contributed by atoms with E-state index in [9.17, 15) is 9.59 Å². The van der Waals surface area contributed by atoms with E-state index in [0.717, 1.165) is 47.3 Å². The quantitative estimate of drug-likeness (QED) is 0.644. The highest BCUT2D eigenvalue weighted by molar-refractivity contribution is 9.10. The van der Waals surface area contributed by atoms with E-state index in [1.807, 2.05) is 64.0 Å².